The number of nitrogens with zero attached hydrogens (tertiary/aromatic N) is 5. The first-order valence-corrected chi connectivity index (χ1v) is 15.9. The molecule has 4 aromatic rings. The number of fused-ring (bicyclic) bond motifs is 1. The van der Waals surface area contributed by atoms with Crippen LogP contribution >= 0.6 is 11.6 Å². The number of amides is 1. The Morgan fingerprint density at radius 3 is 2.63 bits per heavy atom. The number of morpholine rings is 1. The van der Waals surface area contributed by atoms with Crippen molar-refractivity contribution in [1.82, 2.24) is 24.8 Å². The number of ether oxygens (including phenoxy) is 3. The highest BCUT2D eigenvalue weighted by atomic mass is 35.5. The van der Waals surface area contributed by atoms with Gasteiger partial charge in [-0.2, -0.15) is 0 Å². The first kappa shape index (κ1) is 31.5. The van der Waals surface area contributed by atoms with Crippen LogP contribution in [0, 0.1) is 0 Å². The minimum atomic E-state index is -0.0305. The molecule has 1 amide bonds. The summed E-state index contributed by atoms with van der Waals surface area (Å²) in [5.41, 5.74) is 3.18. The van der Waals surface area contributed by atoms with Crippen LogP contribution in [0.2, 0.25) is 5.02 Å². The van der Waals surface area contributed by atoms with Gasteiger partial charge in [0.1, 0.15) is 36.9 Å². The van der Waals surface area contributed by atoms with Gasteiger partial charge in [-0.3, -0.25) is 14.7 Å². The second-order valence-corrected chi connectivity index (χ2v) is 11.6. The smallest absolute Gasteiger partial charge is 0.245 e. The van der Waals surface area contributed by atoms with E-state index in [0.717, 1.165) is 79.4 Å². The van der Waals surface area contributed by atoms with Crippen LogP contribution in [0.25, 0.3) is 10.9 Å². The fraction of sp³-hybridized carbons (Fsp3) is 0.353. The highest BCUT2D eigenvalue weighted by Gasteiger charge is 2.23. The number of hydrogen-bond acceptors (Lipinski definition) is 10. The van der Waals surface area contributed by atoms with E-state index in [1.54, 1.807) is 6.20 Å². The molecule has 46 heavy (non-hydrogen) atoms. The Labute approximate surface area is 273 Å². The molecule has 0 spiro atoms. The van der Waals surface area contributed by atoms with Crippen molar-refractivity contribution in [1.29, 1.82) is 0 Å². The average Bonchev–Trinajstić information content (AvgIpc) is 3.09. The Hall–Kier alpha value is -4.45. The lowest BCUT2D eigenvalue weighted by Crippen LogP contribution is -2.41. The van der Waals surface area contributed by atoms with Gasteiger partial charge in [-0.05, 0) is 55.3 Å². The Morgan fingerprint density at radius 1 is 1.02 bits per heavy atom. The molecule has 0 atom stereocenters. The summed E-state index contributed by atoms with van der Waals surface area (Å²) in [5, 5.41) is 8.40. The topological polar surface area (TPSA) is 114 Å². The number of benzene rings is 2. The lowest BCUT2D eigenvalue weighted by molar-refractivity contribution is -0.126. The first-order chi connectivity index (χ1) is 22.6. The quantitative estimate of drug-likeness (QED) is 0.197. The maximum Gasteiger partial charge on any atom is 0.245 e. The summed E-state index contributed by atoms with van der Waals surface area (Å²) in [6.07, 6.45) is 6.27. The third-order valence-electron chi connectivity index (χ3n) is 8.14. The van der Waals surface area contributed by atoms with Crippen molar-refractivity contribution in [2.45, 2.75) is 25.5 Å². The minimum Gasteiger partial charge on any atom is -0.490 e. The predicted octanol–water partition coefficient (Wildman–Crippen LogP) is 5.30. The molecule has 0 aliphatic carbocycles. The van der Waals surface area contributed by atoms with Gasteiger partial charge in [0.05, 0.1) is 35.1 Å². The molecular weight excluding hydrogens is 606 g/mol. The highest BCUT2D eigenvalue weighted by Crippen LogP contribution is 2.36. The van der Waals surface area contributed by atoms with Crippen molar-refractivity contribution in [2.75, 3.05) is 63.2 Å². The SMILES string of the molecule is C=CC(=O)N1CCC(Nc2cc3c(Nc4ccc(OCc5ccccn5)c(Cl)c4)ncnc3cc2OCCN2CCOCC2)CC1. The Morgan fingerprint density at radius 2 is 1.87 bits per heavy atom. The van der Waals surface area contributed by atoms with Gasteiger partial charge >= 0.3 is 0 Å². The normalized spacial score (nSPS) is 15.8. The van der Waals surface area contributed by atoms with Gasteiger partial charge in [0, 0.05) is 62.1 Å². The van der Waals surface area contributed by atoms with Crippen LogP contribution in [-0.2, 0) is 16.1 Å². The zero-order valence-electron chi connectivity index (χ0n) is 25.7. The summed E-state index contributed by atoms with van der Waals surface area (Å²) < 4.78 is 17.7. The van der Waals surface area contributed by atoms with E-state index in [2.05, 4.69) is 37.1 Å². The molecule has 6 rings (SSSR count). The number of carbonyl (C=O) groups excluding carboxylic acids is 1. The van der Waals surface area contributed by atoms with E-state index < -0.39 is 0 Å². The minimum absolute atomic E-state index is 0.0305. The van der Waals surface area contributed by atoms with E-state index in [0.29, 0.717) is 42.9 Å². The molecule has 0 saturated carbocycles. The summed E-state index contributed by atoms with van der Waals surface area (Å²) >= 11 is 6.59. The van der Waals surface area contributed by atoms with Crippen molar-refractivity contribution in [3.05, 3.63) is 84.4 Å². The second kappa shape index (κ2) is 15.2. The number of anilines is 3. The summed E-state index contributed by atoms with van der Waals surface area (Å²) in [4.78, 5) is 29.7. The standard InChI is InChI=1S/C34H38ClN7O4/c1-2-33(43)42-11-8-24(9-12-42)39-30-20-27-29(21-32(30)45-18-15-41-13-16-44-17-14-41)37-23-38-34(27)40-25-6-7-31(28(35)19-25)46-22-26-5-3-4-10-36-26/h2-7,10,19-21,23-24,39H,1,8-9,11-18,22H2,(H,37,38,40). The molecule has 2 fully saturated rings. The maximum absolute atomic E-state index is 12.1. The van der Waals surface area contributed by atoms with Gasteiger partial charge in [-0.25, -0.2) is 9.97 Å². The van der Waals surface area contributed by atoms with Gasteiger partial charge in [-0.15, -0.1) is 0 Å². The van der Waals surface area contributed by atoms with E-state index in [-0.39, 0.29) is 11.9 Å². The zero-order valence-corrected chi connectivity index (χ0v) is 26.4. The number of hydrogen-bond donors (Lipinski definition) is 2. The molecule has 12 heteroatoms. The van der Waals surface area contributed by atoms with Crippen molar-refractivity contribution in [3.8, 4) is 11.5 Å². The predicted molar refractivity (Wildman–Crippen MR) is 179 cm³/mol. The lowest BCUT2D eigenvalue weighted by atomic mass is 10.0. The fourth-order valence-electron chi connectivity index (χ4n) is 5.59. The van der Waals surface area contributed by atoms with Crippen molar-refractivity contribution >= 4 is 45.6 Å². The molecule has 0 unspecified atom stereocenters. The Balaban J connectivity index is 1.20. The first-order valence-electron chi connectivity index (χ1n) is 15.5. The number of aromatic nitrogens is 3. The van der Waals surface area contributed by atoms with E-state index in [1.165, 1.54) is 12.4 Å². The molecule has 0 bridgehead atoms. The Bertz CT molecular complexity index is 1640. The van der Waals surface area contributed by atoms with Crippen LogP contribution in [0.4, 0.5) is 17.2 Å². The van der Waals surface area contributed by atoms with Gasteiger partial charge in [0.25, 0.3) is 0 Å². The van der Waals surface area contributed by atoms with E-state index in [9.17, 15) is 4.79 Å². The number of piperidine rings is 1. The molecule has 2 saturated heterocycles. The van der Waals surface area contributed by atoms with Gasteiger partial charge in [-0.1, -0.05) is 24.2 Å². The number of carbonyl (C=O) groups is 1. The third-order valence-corrected chi connectivity index (χ3v) is 8.44. The maximum atomic E-state index is 12.1. The van der Waals surface area contributed by atoms with Gasteiger partial charge in [0.2, 0.25) is 5.91 Å². The van der Waals surface area contributed by atoms with Crippen molar-refractivity contribution in [2.24, 2.45) is 0 Å². The molecule has 11 nitrogen and oxygen atoms in total. The second-order valence-electron chi connectivity index (χ2n) is 11.2. The molecule has 2 aliphatic rings. The Kier molecular flexibility index (Phi) is 10.4. The highest BCUT2D eigenvalue weighted by molar-refractivity contribution is 6.32. The lowest BCUT2D eigenvalue weighted by Gasteiger charge is -2.32. The van der Waals surface area contributed by atoms with Crippen LogP contribution in [0.15, 0.2) is 73.7 Å². The van der Waals surface area contributed by atoms with Crippen LogP contribution in [0.1, 0.15) is 18.5 Å². The molecule has 4 heterocycles. The number of nitrogens with one attached hydrogen (secondary N) is 2. The molecule has 240 valence electrons. The largest absolute Gasteiger partial charge is 0.490 e. The number of pyridine rings is 1. The monoisotopic (exact) mass is 643 g/mol. The number of rotatable bonds is 12. The van der Waals surface area contributed by atoms with Crippen molar-refractivity contribution < 1.29 is 19.0 Å². The molecule has 0 radical (unpaired) electrons. The van der Waals surface area contributed by atoms with E-state index >= 15 is 0 Å². The summed E-state index contributed by atoms with van der Waals surface area (Å²) in [6, 6.07) is 15.4. The van der Waals surface area contributed by atoms with Crippen LogP contribution in [0.3, 0.4) is 0 Å². The molecule has 2 aliphatic heterocycles. The molecule has 2 aromatic carbocycles. The van der Waals surface area contributed by atoms with Crippen LogP contribution in [0.5, 0.6) is 11.5 Å². The van der Waals surface area contributed by atoms with Gasteiger partial charge in [0.15, 0.2) is 0 Å². The van der Waals surface area contributed by atoms with Crippen LogP contribution in [-0.4, -0.2) is 89.2 Å². The zero-order chi connectivity index (χ0) is 31.7. The summed E-state index contributed by atoms with van der Waals surface area (Å²) in [6.45, 7) is 9.92. The summed E-state index contributed by atoms with van der Waals surface area (Å²) in [7, 11) is 0. The molecule has 2 N–H and O–H groups in total. The van der Waals surface area contributed by atoms with Crippen LogP contribution < -0.4 is 20.1 Å². The summed E-state index contributed by atoms with van der Waals surface area (Å²) in [5.74, 6) is 1.90. The van der Waals surface area contributed by atoms with E-state index in [4.69, 9.17) is 25.8 Å². The molecule has 2 aromatic heterocycles. The molecular formula is C34H38ClN7O4. The van der Waals surface area contributed by atoms with Crippen molar-refractivity contribution in [3.63, 3.8) is 0 Å². The van der Waals surface area contributed by atoms with E-state index in [1.807, 2.05) is 53.4 Å². The number of halogens is 1. The third kappa shape index (κ3) is 8.03. The average molecular weight is 644 g/mol. The number of likely N-dealkylation sites (tertiary alicyclic amines) is 1. The van der Waals surface area contributed by atoms with Gasteiger partial charge < -0.3 is 29.7 Å². The fourth-order valence-corrected chi connectivity index (χ4v) is 5.82.